The molecule has 0 saturated carbocycles. The SMILES string of the molecule is CCCCC(NCCC)c1ccccc1.Cl. The summed E-state index contributed by atoms with van der Waals surface area (Å²) in [6.07, 6.45) is 5.03. The third-order valence-corrected chi connectivity index (χ3v) is 2.69. The number of nitrogens with one attached hydrogen (secondary N) is 1. The van der Waals surface area contributed by atoms with Crippen LogP contribution < -0.4 is 5.32 Å². The minimum atomic E-state index is 0. The molecule has 0 aliphatic carbocycles. The number of hydrogen-bond donors (Lipinski definition) is 1. The second-order valence-electron chi connectivity index (χ2n) is 4.06. The Balaban J connectivity index is 0.00000225. The van der Waals surface area contributed by atoms with Gasteiger partial charge in [-0.05, 0) is 24.9 Å². The summed E-state index contributed by atoms with van der Waals surface area (Å²) < 4.78 is 0. The lowest BCUT2D eigenvalue weighted by molar-refractivity contribution is 0.481. The van der Waals surface area contributed by atoms with Gasteiger partial charge in [0.05, 0.1) is 0 Å². The smallest absolute Gasteiger partial charge is 0.0320 e. The van der Waals surface area contributed by atoms with Crippen LogP contribution in [0.1, 0.15) is 51.1 Å². The summed E-state index contributed by atoms with van der Waals surface area (Å²) in [5.74, 6) is 0. The number of hydrogen-bond acceptors (Lipinski definition) is 1. The second-order valence-corrected chi connectivity index (χ2v) is 4.06. The van der Waals surface area contributed by atoms with Crippen LogP contribution in [0.15, 0.2) is 30.3 Å². The van der Waals surface area contributed by atoms with Gasteiger partial charge >= 0.3 is 0 Å². The summed E-state index contributed by atoms with van der Waals surface area (Å²) in [5, 5.41) is 3.62. The summed E-state index contributed by atoms with van der Waals surface area (Å²) in [6, 6.07) is 11.3. The van der Waals surface area contributed by atoms with Crippen LogP contribution in [0, 0.1) is 0 Å². The molecule has 0 bridgehead atoms. The van der Waals surface area contributed by atoms with Crippen molar-refractivity contribution in [3.8, 4) is 0 Å². The molecule has 0 amide bonds. The van der Waals surface area contributed by atoms with E-state index in [9.17, 15) is 0 Å². The molecule has 0 radical (unpaired) electrons. The van der Waals surface area contributed by atoms with Crippen LogP contribution in [-0.4, -0.2) is 6.54 Å². The largest absolute Gasteiger partial charge is 0.310 e. The van der Waals surface area contributed by atoms with E-state index in [4.69, 9.17) is 0 Å². The first-order chi connectivity index (χ1) is 7.38. The van der Waals surface area contributed by atoms with E-state index in [0.29, 0.717) is 6.04 Å². The minimum Gasteiger partial charge on any atom is -0.310 e. The van der Waals surface area contributed by atoms with E-state index >= 15 is 0 Å². The van der Waals surface area contributed by atoms with Gasteiger partial charge in [-0.2, -0.15) is 0 Å². The van der Waals surface area contributed by atoms with Gasteiger partial charge in [0.1, 0.15) is 0 Å². The Morgan fingerprint density at radius 2 is 1.75 bits per heavy atom. The van der Waals surface area contributed by atoms with Gasteiger partial charge in [0.15, 0.2) is 0 Å². The lowest BCUT2D eigenvalue weighted by Gasteiger charge is -2.18. The van der Waals surface area contributed by atoms with Crippen LogP contribution >= 0.6 is 12.4 Å². The van der Waals surface area contributed by atoms with E-state index in [-0.39, 0.29) is 12.4 Å². The highest BCUT2D eigenvalue weighted by Gasteiger charge is 2.08. The van der Waals surface area contributed by atoms with E-state index in [1.165, 1.54) is 31.2 Å². The third-order valence-electron chi connectivity index (χ3n) is 2.69. The third kappa shape index (κ3) is 5.53. The number of benzene rings is 1. The van der Waals surface area contributed by atoms with Gasteiger partial charge in [-0.25, -0.2) is 0 Å². The Hall–Kier alpha value is -0.530. The topological polar surface area (TPSA) is 12.0 Å². The Labute approximate surface area is 106 Å². The fraction of sp³-hybridized carbons (Fsp3) is 0.571. The molecule has 1 rings (SSSR count). The van der Waals surface area contributed by atoms with E-state index in [0.717, 1.165) is 6.54 Å². The highest BCUT2D eigenvalue weighted by molar-refractivity contribution is 5.85. The van der Waals surface area contributed by atoms with Crippen LogP contribution in [0.4, 0.5) is 0 Å². The summed E-state index contributed by atoms with van der Waals surface area (Å²) in [6.45, 7) is 5.58. The van der Waals surface area contributed by atoms with Gasteiger partial charge in [-0.1, -0.05) is 57.0 Å². The minimum absolute atomic E-state index is 0. The van der Waals surface area contributed by atoms with Crippen LogP contribution in [0.2, 0.25) is 0 Å². The quantitative estimate of drug-likeness (QED) is 0.749. The summed E-state index contributed by atoms with van der Waals surface area (Å²) >= 11 is 0. The Kier molecular flexibility index (Phi) is 9.36. The van der Waals surface area contributed by atoms with Gasteiger partial charge in [-0.3, -0.25) is 0 Å². The molecule has 92 valence electrons. The fourth-order valence-corrected chi connectivity index (χ4v) is 1.80. The van der Waals surface area contributed by atoms with Gasteiger partial charge in [0, 0.05) is 6.04 Å². The van der Waals surface area contributed by atoms with Crippen LogP contribution in [0.3, 0.4) is 0 Å². The van der Waals surface area contributed by atoms with E-state index in [1.54, 1.807) is 0 Å². The zero-order valence-corrected chi connectivity index (χ0v) is 11.2. The van der Waals surface area contributed by atoms with Crippen molar-refractivity contribution in [3.05, 3.63) is 35.9 Å². The van der Waals surface area contributed by atoms with Crippen LogP contribution in [-0.2, 0) is 0 Å². The fourth-order valence-electron chi connectivity index (χ4n) is 1.80. The predicted molar refractivity (Wildman–Crippen MR) is 74.2 cm³/mol. The molecule has 0 heterocycles. The summed E-state index contributed by atoms with van der Waals surface area (Å²) in [4.78, 5) is 0. The zero-order chi connectivity index (χ0) is 10.9. The van der Waals surface area contributed by atoms with Crippen molar-refractivity contribution in [1.29, 1.82) is 0 Å². The van der Waals surface area contributed by atoms with E-state index < -0.39 is 0 Å². The Morgan fingerprint density at radius 3 is 2.31 bits per heavy atom. The standard InChI is InChI=1S/C14H23N.ClH/c1-3-5-11-14(15-12-4-2)13-9-7-6-8-10-13;/h6-10,14-15H,3-5,11-12H2,1-2H3;1H. The Morgan fingerprint density at radius 1 is 1.06 bits per heavy atom. The van der Waals surface area contributed by atoms with Gasteiger partial charge in [0.2, 0.25) is 0 Å². The molecule has 0 fully saturated rings. The second kappa shape index (κ2) is 9.68. The molecule has 1 N–H and O–H groups in total. The summed E-state index contributed by atoms with van der Waals surface area (Å²) in [5.41, 5.74) is 1.43. The number of unbranched alkanes of at least 4 members (excludes halogenated alkanes) is 1. The first-order valence-electron chi connectivity index (χ1n) is 6.16. The monoisotopic (exact) mass is 241 g/mol. The Bertz CT molecular complexity index is 240. The van der Waals surface area contributed by atoms with Gasteiger partial charge in [0.25, 0.3) is 0 Å². The maximum absolute atomic E-state index is 3.62. The lowest BCUT2D eigenvalue weighted by atomic mass is 10.0. The number of rotatable bonds is 7. The molecule has 1 atom stereocenters. The zero-order valence-electron chi connectivity index (χ0n) is 10.4. The lowest BCUT2D eigenvalue weighted by Crippen LogP contribution is -2.22. The first kappa shape index (κ1) is 15.5. The molecule has 0 aliphatic heterocycles. The van der Waals surface area contributed by atoms with Crippen molar-refractivity contribution in [2.75, 3.05) is 6.54 Å². The molecule has 0 aliphatic rings. The average molecular weight is 242 g/mol. The molecule has 1 nitrogen and oxygen atoms in total. The molecule has 16 heavy (non-hydrogen) atoms. The van der Waals surface area contributed by atoms with Crippen molar-refractivity contribution in [1.82, 2.24) is 5.32 Å². The maximum atomic E-state index is 3.62. The first-order valence-corrected chi connectivity index (χ1v) is 6.16. The van der Waals surface area contributed by atoms with Crippen molar-refractivity contribution in [3.63, 3.8) is 0 Å². The van der Waals surface area contributed by atoms with Crippen LogP contribution in [0.25, 0.3) is 0 Å². The van der Waals surface area contributed by atoms with Crippen molar-refractivity contribution < 1.29 is 0 Å². The molecular formula is C14H24ClN. The van der Waals surface area contributed by atoms with Gasteiger partial charge < -0.3 is 5.32 Å². The average Bonchev–Trinajstić information content (AvgIpc) is 2.30. The number of halogens is 1. The molecular weight excluding hydrogens is 218 g/mol. The van der Waals surface area contributed by atoms with Crippen molar-refractivity contribution in [2.24, 2.45) is 0 Å². The highest BCUT2D eigenvalue weighted by Crippen LogP contribution is 2.18. The molecule has 1 aromatic carbocycles. The van der Waals surface area contributed by atoms with E-state index in [1.807, 2.05) is 0 Å². The summed E-state index contributed by atoms with van der Waals surface area (Å²) in [7, 11) is 0. The van der Waals surface area contributed by atoms with Crippen molar-refractivity contribution in [2.45, 2.75) is 45.6 Å². The van der Waals surface area contributed by atoms with Crippen LogP contribution in [0.5, 0.6) is 0 Å². The highest BCUT2D eigenvalue weighted by atomic mass is 35.5. The maximum Gasteiger partial charge on any atom is 0.0320 e. The molecule has 0 aromatic heterocycles. The van der Waals surface area contributed by atoms with Crippen molar-refractivity contribution >= 4 is 12.4 Å². The molecule has 0 saturated heterocycles. The molecule has 1 aromatic rings. The molecule has 2 heteroatoms. The van der Waals surface area contributed by atoms with E-state index in [2.05, 4.69) is 49.5 Å². The predicted octanol–water partition coefficient (Wildman–Crippen LogP) is 4.34. The normalized spacial score (nSPS) is 11.9. The molecule has 1 unspecified atom stereocenters. The van der Waals surface area contributed by atoms with Gasteiger partial charge in [-0.15, -0.1) is 12.4 Å². The molecule has 0 spiro atoms.